The quantitative estimate of drug-likeness (QED) is 0.910. The van der Waals surface area contributed by atoms with Gasteiger partial charge in [0.25, 0.3) is 0 Å². The molecular weight excluding hydrogens is 306 g/mol. The molecule has 19 heavy (non-hydrogen) atoms. The number of pyridine rings is 1. The molecule has 1 atom stereocenters. The fourth-order valence-corrected chi connectivity index (χ4v) is 2.92. The highest BCUT2D eigenvalue weighted by molar-refractivity contribution is 9.10. The van der Waals surface area contributed by atoms with E-state index in [2.05, 4.69) is 39.2 Å². The van der Waals surface area contributed by atoms with Gasteiger partial charge in [0.2, 0.25) is 5.91 Å². The van der Waals surface area contributed by atoms with E-state index in [1.54, 1.807) is 6.20 Å². The first-order valence-corrected chi connectivity index (χ1v) is 7.63. The van der Waals surface area contributed by atoms with E-state index in [1.165, 1.54) is 12.8 Å². The van der Waals surface area contributed by atoms with Crippen molar-refractivity contribution in [3.8, 4) is 0 Å². The van der Waals surface area contributed by atoms with Crippen LogP contribution >= 0.6 is 15.9 Å². The molecule has 5 heteroatoms. The van der Waals surface area contributed by atoms with Gasteiger partial charge in [0.05, 0.1) is 6.04 Å². The van der Waals surface area contributed by atoms with Crippen molar-refractivity contribution in [2.24, 2.45) is 5.92 Å². The smallest absolute Gasteiger partial charge is 0.224 e. The predicted molar refractivity (Wildman–Crippen MR) is 77.9 cm³/mol. The van der Waals surface area contributed by atoms with E-state index in [4.69, 9.17) is 0 Å². The Morgan fingerprint density at radius 2 is 2.32 bits per heavy atom. The van der Waals surface area contributed by atoms with Crippen LogP contribution < -0.4 is 5.32 Å². The van der Waals surface area contributed by atoms with Crippen molar-refractivity contribution in [1.82, 2.24) is 9.88 Å². The standard InChI is InChI=1S/C14H18BrN3O/c1-9-12-6-11(15)7-17-14(12)16-5-4-13(19)18(9)8-10-2-3-10/h6-7,9-10H,2-5,8H2,1H3,(H,16,17). The van der Waals surface area contributed by atoms with Gasteiger partial charge in [-0.15, -0.1) is 0 Å². The number of amides is 1. The summed E-state index contributed by atoms with van der Waals surface area (Å²) in [6.45, 7) is 3.65. The highest BCUT2D eigenvalue weighted by Crippen LogP contribution is 2.35. The lowest BCUT2D eigenvalue weighted by Crippen LogP contribution is -2.38. The normalized spacial score (nSPS) is 23.4. The van der Waals surface area contributed by atoms with Crippen molar-refractivity contribution >= 4 is 27.7 Å². The second-order valence-electron chi connectivity index (χ2n) is 5.43. The summed E-state index contributed by atoms with van der Waals surface area (Å²) >= 11 is 3.47. The van der Waals surface area contributed by atoms with Gasteiger partial charge in [-0.25, -0.2) is 4.98 Å². The molecule has 2 heterocycles. The van der Waals surface area contributed by atoms with E-state index in [1.807, 2.05) is 4.90 Å². The molecule has 1 N–H and O–H groups in total. The molecule has 1 fully saturated rings. The molecule has 1 aromatic rings. The van der Waals surface area contributed by atoms with Crippen LogP contribution in [0.4, 0.5) is 5.82 Å². The maximum atomic E-state index is 12.3. The van der Waals surface area contributed by atoms with Gasteiger partial charge in [-0.05, 0) is 47.7 Å². The average molecular weight is 324 g/mol. The maximum Gasteiger partial charge on any atom is 0.224 e. The first kappa shape index (κ1) is 12.9. The van der Waals surface area contributed by atoms with Crippen LogP contribution in [0, 0.1) is 5.92 Å². The summed E-state index contributed by atoms with van der Waals surface area (Å²) < 4.78 is 0.958. The van der Waals surface area contributed by atoms with Gasteiger partial charge in [0, 0.05) is 35.7 Å². The van der Waals surface area contributed by atoms with E-state index in [9.17, 15) is 4.79 Å². The number of anilines is 1. The lowest BCUT2D eigenvalue weighted by molar-refractivity contribution is -0.133. The molecule has 0 bridgehead atoms. The van der Waals surface area contributed by atoms with E-state index in [0.717, 1.165) is 22.4 Å². The number of rotatable bonds is 2. The Morgan fingerprint density at radius 1 is 1.53 bits per heavy atom. The Labute approximate surface area is 121 Å². The van der Waals surface area contributed by atoms with Crippen molar-refractivity contribution in [3.05, 3.63) is 22.3 Å². The largest absolute Gasteiger partial charge is 0.369 e. The van der Waals surface area contributed by atoms with Gasteiger partial charge in [-0.2, -0.15) is 0 Å². The first-order chi connectivity index (χ1) is 9.15. The Kier molecular flexibility index (Phi) is 3.48. The van der Waals surface area contributed by atoms with E-state index >= 15 is 0 Å². The first-order valence-electron chi connectivity index (χ1n) is 6.84. The molecule has 1 amide bonds. The number of carbonyl (C=O) groups is 1. The zero-order chi connectivity index (χ0) is 13.4. The number of aromatic nitrogens is 1. The molecular formula is C14H18BrN3O. The average Bonchev–Trinajstić information content (AvgIpc) is 3.19. The minimum Gasteiger partial charge on any atom is -0.369 e. The number of fused-ring (bicyclic) bond motifs is 1. The molecule has 1 unspecified atom stereocenters. The van der Waals surface area contributed by atoms with Crippen molar-refractivity contribution in [2.45, 2.75) is 32.2 Å². The molecule has 1 aromatic heterocycles. The second kappa shape index (κ2) is 5.12. The zero-order valence-corrected chi connectivity index (χ0v) is 12.6. The van der Waals surface area contributed by atoms with Crippen LogP contribution in [0.2, 0.25) is 0 Å². The van der Waals surface area contributed by atoms with Crippen LogP contribution in [0.1, 0.15) is 37.8 Å². The van der Waals surface area contributed by atoms with Gasteiger partial charge < -0.3 is 10.2 Å². The van der Waals surface area contributed by atoms with Crippen molar-refractivity contribution in [3.63, 3.8) is 0 Å². The van der Waals surface area contributed by atoms with E-state index in [0.29, 0.717) is 18.9 Å². The third-order valence-electron chi connectivity index (χ3n) is 3.90. The van der Waals surface area contributed by atoms with Crippen LogP contribution in [0.25, 0.3) is 0 Å². The summed E-state index contributed by atoms with van der Waals surface area (Å²) in [5, 5.41) is 3.26. The number of carbonyl (C=O) groups excluding carboxylic acids is 1. The molecule has 2 aliphatic rings. The number of nitrogens with one attached hydrogen (secondary N) is 1. The number of nitrogens with zero attached hydrogens (tertiary/aromatic N) is 2. The highest BCUT2D eigenvalue weighted by atomic mass is 79.9. The van der Waals surface area contributed by atoms with Crippen molar-refractivity contribution in [2.75, 3.05) is 18.4 Å². The lowest BCUT2D eigenvalue weighted by Gasteiger charge is -2.33. The van der Waals surface area contributed by atoms with Crippen molar-refractivity contribution < 1.29 is 4.79 Å². The van der Waals surface area contributed by atoms with E-state index < -0.39 is 0 Å². The molecule has 102 valence electrons. The molecule has 1 aliphatic heterocycles. The molecule has 1 saturated carbocycles. The van der Waals surface area contributed by atoms with Gasteiger partial charge >= 0.3 is 0 Å². The Bertz CT molecular complexity index is 501. The third kappa shape index (κ3) is 2.76. The fourth-order valence-electron chi connectivity index (χ4n) is 2.57. The molecule has 1 aliphatic carbocycles. The topological polar surface area (TPSA) is 45.2 Å². The Morgan fingerprint density at radius 3 is 3.05 bits per heavy atom. The Balaban J connectivity index is 1.94. The van der Waals surface area contributed by atoms with Gasteiger partial charge in [-0.1, -0.05) is 0 Å². The monoisotopic (exact) mass is 323 g/mol. The summed E-state index contributed by atoms with van der Waals surface area (Å²) in [5.41, 5.74) is 1.10. The van der Waals surface area contributed by atoms with Crippen LogP contribution in [-0.4, -0.2) is 28.9 Å². The predicted octanol–water partition coefficient (Wildman–Crippen LogP) is 2.96. The summed E-state index contributed by atoms with van der Waals surface area (Å²) in [4.78, 5) is 18.8. The second-order valence-corrected chi connectivity index (χ2v) is 6.35. The third-order valence-corrected chi connectivity index (χ3v) is 4.34. The number of hydrogen-bond donors (Lipinski definition) is 1. The summed E-state index contributed by atoms with van der Waals surface area (Å²) in [6, 6.07) is 2.15. The maximum absolute atomic E-state index is 12.3. The summed E-state index contributed by atoms with van der Waals surface area (Å²) in [6.07, 6.45) is 4.87. The molecule has 0 spiro atoms. The zero-order valence-electron chi connectivity index (χ0n) is 11.0. The van der Waals surface area contributed by atoms with Crippen LogP contribution in [0.15, 0.2) is 16.7 Å². The van der Waals surface area contributed by atoms with Gasteiger partial charge in [-0.3, -0.25) is 4.79 Å². The van der Waals surface area contributed by atoms with Crippen LogP contribution in [0.3, 0.4) is 0 Å². The van der Waals surface area contributed by atoms with E-state index in [-0.39, 0.29) is 11.9 Å². The lowest BCUT2D eigenvalue weighted by atomic mass is 10.1. The minimum absolute atomic E-state index is 0.0842. The summed E-state index contributed by atoms with van der Waals surface area (Å²) in [7, 11) is 0. The molecule has 0 saturated heterocycles. The van der Waals surface area contributed by atoms with Gasteiger partial charge in [0.15, 0.2) is 0 Å². The number of halogens is 1. The van der Waals surface area contributed by atoms with Crippen LogP contribution in [-0.2, 0) is 4.79 Å². The van der Waals surface area contributed by atoms with Crippen LogP contribution in [0.5, 0.6) is 0 Å². The minimum atomic E-state index is 0.0842. The SMILES string of the molecule is CC1c2cc(Br)cnc2NCCC(=O)N1CC1CC1. The Hall–Kier alpha value is -1.10. The highest BCUT2D eigenvalue weighted by Gasteiger charge is 2.32. The molecule has 4 nitrogen and oxygen atoms in total. The summed E-state index contributed by atoms with van der Waals surface area (Å²) in [5.74, 6) is 1.86. The number of hydrogen-bond acceptors (Lipinski definition) is 3. The molecule has 0 aromatic carbocycles. The molecule has 3 rings (SSSR count). The van der Waals surface area contributed by atoms with Gasteiger partial charge in [0.1, 0.15) is 5.82 Å². The molecule has 0 radical (unpaired) electrons. The van der Waals surface area contributed by atoms with Crippen molar-refractivity contribution in [1.29, 1.82) is 0 Å². The fraction of sp³-hybridized carbons (Fsp3) is 0.571.